The fourth-order valence-electron chi connectivity index (χ4n) is 3.65. The van der Waals surface area contributed by atoms with E-state index in [9.17, 15) is 29.1 Å². The van der Waals surface area contributed by atoms with Crippen molar-refractivity contribution in [1.29, 1.82) is 0 Å². The molecule has 2 aromatic carbocycles. The van der Waals surface area contributed by atoms with Crippen molar-refractivity contribution in [2.24, 2.45) is 5.92 Å². The first-order valence-electron chi connectivity index (χ1n) is 12.0. The highest BCUT2D eigenvalue weighted by atomic mass is 16.3. The van der Waals surface area contributed by atoms with Crippen molar-refractivity contribution in [2.45, 2.75) is 51.7 Å². The molecule has 0 saturated carbocycles. The summed E-state index contributed by atoms with van der Waals surface area (Å²) in [6.07, 6.45) is 1.08. The van der Waals surface area contributed by atoms with Crippen LogP contribution in [0, 0.1) is 5.92 Å². The molecule has 0 aromatic heterocycles. The van der Waals surface area contributed by atoms with E-state index in [1.807, 2.05) is 30.3 Å². The third kappa shape index (κ3) is 10.1. The van der Waals surface area contributed by atoms with Gasteiger partial charge in [-0.05, 0) is 35.6 Å². The minimum Gasteiger partial charge on any atom is -0.508 e. The molecule has 0 heterocycles. The summed E-state index contributed by atoms with van der Waals surface area (Å²) >= 11 is 0. The third-order valence-corrected chi connectivity index (χ3v) is 5.55. The summed E-state index contributed by atoms with van der Waals surface area (Å²) in [4.78, 5) is 61.2. The number of hydrogen-bond acceptors (Lipinski definition) is 6. The molecule has 10 heteroatoms. The number of benzene rings is 2. The van der Waals surface area contributed by atoms with Crippen LogP contribution in [-0.2, 0) is 36.8 Å². The average molecular weight is 511 g/mol. The lowest BCUT2D eigenvalue weighted by Gasteiger charge is -2.24. The monoisotopic (exact) mass is 510 g/mol. The zero-order chi connectivity index (χ0) is 27.4. The van der Waals surface area contributed by atoms with Gasteiger partial charge in [0.15, 0.2) is 0 Å². The Morgan fingerprint density at radius 3 is 2.03 bits per heavy atom. The molecule has 3 atom stereocenters. The molecule has 10 nitrogen and oxygen atoms in total. The summed E-state index contributed by atoms with van der Waals surface area (Å²) < 4.78 is 0. The second-order valence-corrected chi connectivity index (χ2v) is 9.07. The van der Waals surface area contributed by atoms with E-state index < -0.39 is 42.4 Å². The zero-order valence-electron chi connectivity index (χ0n) is 21.2. The number of carbonyl (C=O) groups excluding carboxylic acids is 5. The van der Waals surface area contributed by atoms with Crippen LogP contribution >= 0.6 is 0 Å². The van der Waals surface area contributed by atoms with Gasteiger partial charge in [-0.2, -0.15) is 0 Å². The first-order chi connectivity index (χ1) is 17.6. The Hall–Kier alpha value is -4.21. The molecule has 0 aliphatic carbocycles. The lowest BCUT2D eigenvalue weighted by atomic mass is 10.0. The smallest absolute Gasteiger partial charge is 0.243 e. The van der Waals surface area contributed by atoms with E-state index >= 15 is 0 Å². The van der Waals surface area contributed by atoms with Crippen molar-refractivity contribution in [3.8, 4) is 5.75 Å². The second kappa shape index (κ2) is 14.4. The minimum absolute atomic E-state index is 0.0913. The maximum atomic E-state index is 12.8. The number of nitrogens with one attached hydrogen (secondary N) is 4. The molecule has 4 amide bonds. The lowest BCUT2D eigenvalue weighted by Crippen LogP contribution is -2.55. The largest absolute Gasteiger partial charge is 0.508 e. The van der Waals surface area contributed by atoms with Gasteiger partial charge in [-0.15, -0.1) is 0 Å². The van der Waals surface area contributed by atoms with E-state index in [1.54, 1.807) is 26.0 Å². The minimum atomic E-state index is -0.942. The van der Waals surface area contributed by atoms with E-state index in [2.05, 4.69) is 21.3 Å². The molecule has 0 radical (unpaired) electrons. The number of rotatable bonds is 13. The molecule has 5 N–H and O–H groups in total. The molecule has 0 saturated heterocycles. The Bertz CT molecular complexity index is 1070. The van der Waals surface area contributed by atoms with Crippen molar-refractivity contribution >= 4 is 29.9 Å². The molecule has 2 aromatic rings. The molecule has 0 aliphatic rings. The Morgan fingerprint density at radius 1 is 0.838 bits per heavy atom. The van der Waals surface area contributed by atoms with Crippen LogP contribution in [0.4, 0.5) is 0 Å². The molecule has 0 bridgehead atoms. The summed E-state index contributed by atoms with van der Waals surface area (Å²) in [5.74, 6) is -2.25. The van der Waals surface area contributed by atoms with Gasteiger partial charge in [-0.3, -0.25) is 19.2 Å². The number of carbonyl (C=O) groups is 5. The highest BCUT2D eigenvalue weighted by Gasteiger charge is 2.27. The van der Waals surface area contributed by atoms with E-state index in [4.69, 9.17) is 0 Å². The molecule has 0 unspecified atom stereocenters. The maximum absolute atomic E-state index is 12.8. The van der Waals surface area contributed by atoms with Crippen molar-refractivity contribution in [3.05, 3.63) is 65.7 Å². The van der Waals surface area contributed by atoms with Gasteiger partial charge in [-0.1, -0.05) is 56.3 Å². The van der Waals surface area contributed by atoms with Crippen LogP contribution in [-0.4, -0.2) is 59.7 Å². The molecule has 198 valence electrons. The van der Waals surface area contributed by atoms with E-state index in [-0.39, 0.29) is 30.4 Å². The van der Waals surface area contributed by atoms with Crippen LogP contribution in [0.15, 0.2) is 54.6 Å². The predicted molar refractivity (Wildman–Crippen MR) is 137 cm³/mol. The van der Waals surface area contributed by atoms with Gasteiger partial charge >= 0.3 is 0 Å². The molecule has 2 rings (SSSR count). The first-order valence-corrected chi connectivity index (χ1v) is 12.0. The van der Waals surface area contributed by atoms with Crippen LogP contribution in [0.1, 0.15) is 31.9 Å². The van der Waals surface area contributed by atoms with Crippen LogP contribution in [0.3, 0.4) is 0 Å². The van der Waals surface area contributed by atoms with Gasteiger partial charge in [-0.25, -0.2) is 0 Å². The van der Waals surface area contributed by atoms with Gasteiger partial charge in [0.1, 0.15) is 24.1 Å². The predicted octanol–water partition coefficient (Wildman–Crippen LogP) is 0.623. The summed E-state index contributed by atoms with van der Waals surface area (Å²) in [5.41, 5.74) is 1.58. The number of phenolic OH excluding ortho intramolecular Hbond substituents is 1. The average Bonchev–Trinajstić information content (AvgIpc) is 2.86. The highest BCUT2D eigenvalue weighted by molar-refractivity contribution is 5.93. The SMILES string of the molecule is CC(=O)N[C@@H](Cc1ccccc1)C(=O)NCC(=O)N[C@H](C(=O)N[C@H](C=O)Cc1ccc(O)cc1)C(C)C. The summed E-state index contributed by atoms with van der Waals surface area (Å²) in [6.45, 7) is 4.39. The Labute approximate surface area is 216 Å². The number of phenols is 1. The zero-order valence-corrected chi connectivity index (χ0v) is 21.2. The number of amides is 4. The Balaban J connectivity index is 1.94. The summed E-state index contributed by atoms with van der Waals surface area (Å²) in [6, 6.07) is 12.8. The molecule has 0 aliphatic heterocycles. The van der Waals surface area contributed by atoms with Gasteiger partial charge in [0.05, 0.1) is 12.6 Å². The van der Waals surface area contributed by atoms with Crippen LogP contribution in [0.2, 0.25) is 0 Å². The van der Waals surface area contributed by atoms with E-state index in [0.717, 1.165) is 11.1 Å². The van der Waals surface area contributed by atoms with E-state index in [1.165, 1.54) is 19.1 Å². The molecule has 37 heavy (non-hydrogen) atoms. The molecular weight excluding hydrogens is 476 g/mol. The standard InChI is InChI=1S/C27H34N4O6/c1-17(2)25(27(37)30-21(16-32)13-20-9-11-22(34)12-10-20)31-24(35)15-28-26(36)23(29-18(3)33)14-19-7-5-4-6-8-19/h4-12,16-17,21,23,25,34H,13-15H2,1-3H3,(H,28,36)(H,29,33)(H,30,37)(H,31,35)/t21-,23-,25-/m0/s1. The van der Waals surface area contributed by atoms with Crippen molar-refractivity contribution in [1.82, 2.24) is 21.3 Å². The van der Waals surface area contributed by atoms with Crippen molar-refractivity contribution < 1.29 is 29.1 Å². The van der Waals surface area contributed by atoms with Crippen molar-refractivity contribution in [2.75, 3.05) is 6.54 Å². The quantitative estimate of drug-likeness (QED) is 0.249. The van der Waals surface area contributed by atoms with Gasteiger partial charge in [0.25, 0.3) is 0 Å². The fraction of sp³-hybridized carbons (Fsp3) is 0.370. The summed E-state index contributed by atoms with van der Waals surface area (Å²) in [5, 5.41) is 19.7. The van der Waals surface area contributed by atoms with Gasteiger partial charge in [0, 0.05) is 13.3 Å². The van der Waals surface area contributed by atoms with Crippen LogP contribution in [0.5, 0.6) is 5.75 Å². The lowest BCUT2D eigenvalue weighted by molar-refractivity contribution is -0.132. The summed E-state index contributed by atoms with van der Waals surface area (Å²) in [7, 11) is 0. The van der Waals surface area contributed by atoms with Gasteiger partial charge in [0.2, 0.25) is 23.6 Å². The van der Waals surface area contributed by atoms with Crippen LogP contribution in [0.25, 0.3) is 0 Å². The third-order valence-electron chi connectivity index (χ3n) is 5.55. The second-order valence-electron chi connectivity index (χ2n) is 9.07. The van der Waals surface area contributed by atoms with Gasteiger partial charge < -0.3 is 31.2 Å². The van der Waals surface area contributed by atoms with Crippen molar-refractivity contribution in [3.63, 3.8) is 0 Å². The number of hydrogen-bond donors (Lipinski definition) is 5. The first kappa shape index (κ1) is 29.0. The Morgan fingerprint density at radius 2 is 1.46 bits per heavy atom. The topological polar surface area (TPSA) is 154 Å². The molecule has 0 fully saturated rings. The number of aromatic hydroxyl groups is 1. The normalized spacial score (nSPS) is 13.1. The highest BCUT2D eigenvalue weighted by Crippen LogP contribution is 2.11. The van der Waals surface area contributed by atoms with Crippen LogP contribution < -0.4 is 21.3 Å². The fourth-order valence-corrected chi connectivity index (χ4v) is 3.65. The molecular formula is C27H34N4O6. The Kier molecular flexibility index (Phi) is 11.3. The maximum Gasteiger partial charge on any atom is 0.243 e. The number of aldehydes is 1. The molecule has 0 spiro atoms. The van der Waals surface area contributed by atoms with E-state index in [0.29, 0.717) is 6.29 Å².